The summed E-state index contributed by atoms with van der Waals surface area (Å²) in [6.07, 6.45) is 17.6. The average Bonchev–Trinajstić information content (AvgIpc) is 3.44. The summed E-state index contributed by atoms with van der Waals surface area (Å²) < 4.78 is 0. The van der Waals surface area contributed by atoms with Gasteiger partial charge in [-0.05, 0) is 0 Å². The number of benzene rings is 2. The summed E-state index contributed by atoms with van der Waals surface area (Å²) in [5.41, 5.74) is 2.14. The number of hydrogen-bond acceptors (Lipinski definition) is 0. The zero-order valence-corrected chi connectivity index (χ0v) is 25.0. The smallest absolute Gasteiger partial charge is 0.274 e. The van der Waals surface area contributed by atoms with Crippen LogP contribution in [0.5, 0.6) is 0 Å². The minimum Gasteiger partial charge on any atom is -0.274 e. The topological polar surface area (TPSA) is 0 Å². The van der Waals surface area contributed by atoms with E-state index >= 15 is 0 Å². The molecule has 0 aliphatic heterocycles. The first-order valence-electron chi connectivity index (χ1n) is 11.3. The third-order valence-corrected chi connectivity index (χ3v) is 8.61. The molecule has 0 bridgehead atoms. The molecule has 0 radical (unpaired) electrons. The maximum absolute atomic E-state index is 3.72. The van der Waals surface area contributed by atoms with E-state index in [4.69, 9.17) is 0 Å². The van der Waals surface area contributed by atoms with E-state index in [0.29, 0.717) is 0 Å². The molecule has 0 heterocycles. The van der Waals surface area contributed by atoms with E-state index in [2.05, 4.69) is 89.6 Å². The predicted molar refractivity (Wildman–Crippen MR) is 150 cm³/mol. The summed E-state index contributed by atoms with van der Waals surface area (Å²) in [7, 11) is -2.01. The molecule has 0 aromatic heterocycles. The van der Waals surface area contributed by atoms with Crippen LogP contribution in [0.3, 0.4) is 0 Å². The summed E-state index contributed by atoms with van der Waals surface area (Å²) in [4.78, 5) is 0. The summed E-state index contributed by atoms with van der Waals surface area (Å²) in [5.74, 6) is 0. The van der Waals surface area contributed by atoms with Crippen molar-refractivity contribution in [3.8, 4) is 0 Å². The summed E-state index contributed by atoms with van der Waals surface area (Å²) >= 11 is 0. The Morgan fingerprint density at radius 2 is 0.879 bits per heavy atom. The summed E-state index contributed by atoms with van der Waals surface area (Å²) in [5, 5.41) is 2.98. The van der Waals surface area contributed by atoms with Crippen molar-refractivity contribution in [2.24, 2.45) is 0 Å². The molecule has 2 aliphatic carbocycles. The second-order valence-electron chi connectivity index (χ2n) is 9.87. The standard InChI is InChI=1S/2C8H13Si.2C7H7.Ti/c2*1-9(2,3)8-6-4-5-7-8;2*1-7-5-3-2-4-6-7;/h2*4,6H,5H2,1-3H3;2*2-6H,1H2;/q4*-1;+4. The summed E-state index contributed by atoms with van der Waals surface area (Å²) in [6.45, 7) is 21.6. The van der Waals surface area contributed by atoms with Crippen LogP contribution in [-0.2, 0) is 21.7 Å². The quantitative estimate of drug-likeness (QED) is 0.283. The van der Waals surface area contributed by atoms with E-state index in [1.807, 2.05) is 60.7 Å². The minimum atomic E-state index is -1.01. The zero-order valence-electron chi connectivity index (χ0n) is 21.4. The number of hydrogen-bond donors (Lipinski definition) is 0. The van der Waals surface area contributed by atoms with Gasteiger partial charge in [-0.3, -0.25) is 12.2 Å². The van der Waals surface area contributed by atoms with Gasteiger partial charge in [0.1, 0.15) is 0 Å². The molecule has 2 aromatic carbocycles. The van der Waals surface area contributed by atoms with Gasteiger partial charge in [-0.25, -0.2) is 22.5 Å². The molecule has 0 fully saturated rings. The van der Waals surface area contributed by atoms with Gasteiger partial charge in [0.15, 0.2) is 0 Å². The van der Waals surface area contributed by atoms with E-state index in [1.165, 1.54) is 10.4 Å². The van der Waals surface area contributed by atoms with Gasteiger partial charge in [-0.15, -0.1) is 37.1 Å². The van der Waals surface area contributed by atoms with Crippen molar-refractivity contribution in [3.63, 3.8) is 0 Å². The second kappa shape index (κ2) is 16.0. The van der Waals surface area contributed by atoms with Crippen molar-refractivity contribution in [2.45, 2.75) is 52.1 Å². The van der Waals surface area contributed by atoms with Crippen LogP contribution in [-0.4, -0.2) is 16.1 Å². The normalized spacial score (nSPS) is 13.6. The Hall–Kier alpha value is -1.71. The Labute approximate surface area is 221 Å². The van der Waals surface area contributed by atoms with Gasteiger partial charge in [0.05, 0.1) is 0 Å². The Morgan fingerprint density at radius 3 is 1.00 bits per heavy atom. The van der Waals surface area contributed by atoms with Crippen molar-refractivity contribution in [1.29, 1.82) is 0 Å². The Bertz CT molecular complexity index is 816. The molecule has 0 atom stereocenters. The first-order chi connectivity index (χ1) is 15.0. The van der Waals surface area contributed by atoms with Gasteiger partial charge in [0.2, 0.25) is 0 Å². The van der Waals surface area contributed by atoms with Crippen molar-refractivity contribution in [2.75, 3.05) is 0 Å². The van der Waals surface area contributed by atoms with Crippen LogP contribution in [0.4, 0.5) is 0 Å². The fraction of sp³-hybridized carbons (Fsp3) is 0.267. The van der Waals surface area contributed by atoms with Crippen LogP contribution in [0.2, 0.25) is 39.3 Å². The van der Waals surface area contributed by atoms with E-state index < -0.39 is 16.1 Å². The Balaban J connectivity index is 0.000000412. The second-order valence-corrected chi connectivity index (χ2v) is 19.9. The van der Waals surface area contributed by atoms with Gasteiger partial charge in [0.25, 0.3) is 0 Å². The van der Waals surface area contributed by atoms with Crippen molar-refractivity contribution >= 4 is 16.1 Å². The van der Waals surface area contributed by atoms with E-state index in [9.17, 15) is 0 Å². The number of rotatable bonds is 2. The first-order valence-corrected chi connectivity index (χ1v) is 18.3. The monoisotopic (exact) mass is 504 g/mol. The molecule has 0 amide bonds. The largest absolute Gasteiger partial charge is 4.00 e. The molecule has 0 saturated carbocycles. The predicted octanol–water partition coefficient (Wildman–Crippen LogP) is 8.84. The fourth-order valence-electron chi connectivity index (χ4n) is 2.80. The Morgan fingerprint density at radius 1 is 0.576 bits per heavy atom. The van der Waals surface area contributed by atoms with E-state index in [0.717, 1.165) is 24.0 Å². The SMILES string of the molecule is C[Si](C)(C)C1=[C-]CC=C1.C[Si](C)(C)C1=[C-]CC=C1.[CH2-]c1ccccc1.[CH2-]c1ccccc1.[Ti+4]. The molecule has 0 saturated heterocycles. The van der Waals surface area contributed by atoms with Gasteiger partial charge in [-0.2, -0.15) is 61.4 Å². The van der Waals surface area contributed by atoms with E-state index in [-0.39, 0.29) is 21.7 Å². The fourth-order valence-corrected chi connectivity index (χ4v) is 5.30. The molecule has 4 rings (SSSR count). The van der Waals surface area contributed by atoms with Crippen LogP contribution < -0.4 is 0 Å². The van der Waals surface area contributed by atoms with Crippen LogP contribution in [0.15, 0.2) is 95.4 Å². The maximum atomic E-state index is 3.72. The molecule has 0 unspecified atom stereocenters. The molecule has 172 valence electrons. The molecular formula is C30H40Si2Ti. The molecular weight excluding hydrogens is 464 g/mol. The van der Waals surface area contributed by atoms with Crippen LogP contribution >= 0.6 is 0 Å². The average molecular weight is 505 g/mol. The third kappa shape index (κ3) is 14.9. The molecule has 0 nitrogen and oxygen atoms in total. The van der Waals surface area contributed by atoms with Crippen LogP contribution in [0.1, 0.15) is 24.0 Å². The maximum Gasteiger partial charge on any atom is 4.00 e. The van der Waals surface area contributed by atoms with Crippen molar-refractivity contribution in [1.82, 2.24) is 0 Å². The zero-order chi connectivity index (χ0) is 24.0. The minimum absolute atomic E-state index is 0. The van der Waals surface area contributed by atoms with Gasteiger partial charge >= 0.3 is 21.7 Å². The Kier molecular flexibility index (Phi) is 15.2. The first kappa shape index (κ1) is 31.3. The van der Waals surface area contributed by atoms with E-state index in [1.54, 1.807) is 0 Å². The van der Waals surface area contributed by atoms with Crippen LogP contribution in [0.25, 0.3) is 0 Å². The molecule has 0 spiro atoms. The third-order valence-electron chi connectivity index (χ3n) is 4.69. The number of allylic oxidation sites excluding steroid dienone is 8. The molecule has 2 aliphatic rings. The van der Waals surface area contributed by atoms with Gasteiger partial charge < -0.3 is 0 Å². The van der Waals surface area contributed by atoms with Crippen molar-refractivity contribution < 1.29 is 21.7 Å². The molecule has 0 N–H and O–H groups in total. The molecule has 2 aromatic rings. The molecule has 33 heavy (non-hydrogen) atoms. The van der Waals surface area contributed by atoms with Crippen molar-refractivity contribution in [3.05, 3.63) is 132 Å². The molecule has 3 heteroatoms. The summed E-state index contributed by atoms with van der Waals surface area (Å²) in [6, 6.07) is 19.7. The van der Waals surface area contributed by atoms with Gasteiger partial charge in [0, 0.05) is 16.1 Å². The van der Waals surface area contributed by atoms with Gasteiger partial charge in [-0.1, -0.05) is 51.4 Å². The van der Waals surface area contributed by atoms with Crippen LogP contribution in [0, 0.1) is 26.0 Å².